The van der Waals surface area contributed by atoms with E-state index in [1.54, 1.807) is 0 Å². The van der Waals surface area contributed by atoms with Crippen LogP contribution in [0.15, 0.2) is 0 Å². The first-order valence-corrected chi connectivity index (χ1v) is 6.92. The van der Waals surface area contributed by atoms with Crippen LogP contribution in [0.25, 0.3) is 0 Å². The van der Waals surface area contributed by atoms with Crippen LogP contribution < -0.4 is 10.6 Å². The number of hydrogen-bond donors (Lipinski definition) is 3. The standard InChI is InChI=1S/C13H25N3O3/c1-4-9(2)11(12(17)18)15-13(19)14-10-6-5-7-16(3)8-10/h9-11H,4-8H2,1-3H3,(H,17,18)(H2,14,15,19). The largest absolute Gasteiger partial charge is 0.480 e. The van der Waals surface area contributed by atoms with Crippen LogP contribution in [0.3, 0.4) is 0 Å². The van der Waals surface area contributed by atoms with E-state index in [9.17, 15) is 9.59 Å². The highest BCUT2D eigenvalue weighted by Crippen LogP contribution is 2.09. The minimum Gasteiger partial charge on any atom is -0.480 e. The van der Waals surface area contributed by atoms with Crippen molar-refractivity contribution in [3.8, 4) is 0 Å². The molecule has 110 valence electrons. The molecule has 1 fully saturated rings. The number of amides is 2. The molecule has 0 saturated carbocycles. The van der Waals surface area contributed by atoms with Gasteiger partial charge >= 0.3 is 12.0 Å². The number of aliphatic carboxylic acids is 1. The van der Waals surface area contributed by atoms with Crippen molar-refractivity contribution in [3.63, 3.8) is 0 Å². The van der Waals surface area contributed by atoms with Gasteiger partial charge in [0.2, 0.25) is 0 Å². The summed E-state index contributed by atoms with van der Waals surface area (Å²) in [6, 6.07) is -1.11. The fourth-order valence-electron chi connectivity index (χ4n) is 2.34. The molecule has 3 N–H and O–H groups in total. The van der Waals surface area contributed by atoms with Gasteiger partial charge in [0.25, 0.3) is 0 Å². The van der Waals surface area contributed by atoms with Crippen molar-refractivity contribution in [1.29, 1.82) is 0 Å². The van der Waals surface area contributed by atoms with Gasteiger partial charge in [-0.25, -0.2) is 9.59 Å². The third-order valence-corrected chi connectivity index (χ3v) is 3.73. The minimum absolute atomic E-state index is 0.0859. The van der Waals surface area contributed by atoms with Gasteiger partial charge in [-0.2, -0.15) is 0 Å². The maximum Gasteiger partial charge on any atom is 0.326 e. The van der Waals surface area contributed by atoms with Crippen LogP contribution in [0.5, 0.6) is 0 Å². The van der Waals surface area contributed by atoms with Crippen molar-refractivity contribution in [2.75, 3.05) is 20.1 Å². The van der Waals surface area contributed by atoms with Crippen molar-refractivity contribution >= 4 is 12.0 Å². The van der Waals surface area contributed by atoms with Gasteiger partial charge in [0.1, 0.15) is 6.04 Å². The normalized spacial score (nSPS) is 23.4. The lowest BCUT2D eigenvalue weighted by Crippen LogP contribution is -2.54. The van der Waals surface area contributed by atoms with Gasteiger partial charge in [-0.3, -0.25) is 0 Å². The first kappa shape index (κ1) is 15.8. The summed E-state index contributed by atoms with van der Waals surface area (Å²) in [5, 5.41) is 14.5. The number of carbonyl (C=O) groups is 2. The third-order valence-electron chi connectivity index (χ3n) is 3.73. The van der Waals surface area contributed by atoms with Crippen molar-refractivity contribution in [2.45, 2.75) is 45.2 Å². The highest BCUT2D eigenvalue weighted by Gasteiger charge is 2.26. The second kappa shape index (κ2) is 7.33. The topological polar surface area (TPSA) is 81.7 Å². The van der Waals surface area contributed by atoms with E-state index in [2.05, 4.69) is 15.5 Å². The first-order chi connectivity index (χ1) is 8.93. The number of nitrogens with zero attached hydrogens (tertiary/aromatic N) is 1. The van der Waals surface area contributed by atoms with Crippen LogP contribution in [-0.4, -0.2) is 54.2 Å². The number of likely N-dealkylation sites (N-methyl/N-ethyl adjacent to an activating group) is 1. The highest BCUT2D eigenvalue weighted by atomic mass is 16.4. The Morgan fingerprint density at radius 2 is 2.16 bits per heavy atom. The number of carboxylic acid groups (broad SMARTS) is 1. The van der Waals surface area contributed by atoms with Gasteiger partial charge in [-0.1, -0.05) is 20.3 Å². The van der Waals surface area contributed by atoms with Crippen molar-refractivity contribution in [3.05, 3.63) is 0 Å². The molecule has 2 amide bonds. The zero-order valence-electron chi connectivity index (χ0n) is 12.0. The zero-order chi connectivity index (χ0) is 14.4. The quantitative estimate of drug-likeness (QED) is 0.693. The van der Waals surface area contributed by atoms with Gasteiger partial charge in [0.15, 0.2) is 0 Å². The van der Waals surface area contributed by atoms with E-state index < -0.39 is 12.0 Å². The Bertz CT molecular complexity index is 322. The first-order valence-electron chi connectivity index (χ1n) is 6.92. The summed E-state index contributed by atoms with van der Waals surface area (Å²) in [7, 11) is 2.02. The maximum atomic E-state index is 11.8. The van der Waals surface area contributed by atoms with Crippen LogP contribution >= 0.6 is 0 Å². The van der Waals surface area contributed by atoms with E-state index in [0.29, 0.717) is 6.42 Å². The number of piperidine rings is 1. The Balaban J connectivity index is 2.46. The van der Waals surface area contributed by atoms with E-state index in [1.807, 2.05) is 20.9 Å². The van der Waals surface area contributed by atoms with Gasteiger partial charge in [0.05, 0.1) is 0 Å². The fourth-order valence-corrected chi connectivity index (χ4v) is 2.34. The number of likely N-dealkylation sites (tertiary alicyclic amines) is 1. The second-order valence-corrected chi connectivity index (χ2v) is 5.42. The fraction of sp³-hybridized carbons (Fsp3) is 0.846. The molecular weight excluding hydrogens is 246 g/mol. The molecule has 0 radical (unpaired) electrons. The lowest BCUT2D eigenvalue weighted by molar-refractivity contribution is -0.140. The Morgan fingerprint density at radius 3 is 2.68 bits per heavy atom. The summed E-state index contributed by atoms with van der Waals surface area (Å²) < 4.78 is 0. The van der Waals surface area contributed by atoms with Crippen LogP contribution in [0, 0.1) is 5.92 Å². The van der Waals surface area contributed by atoms with Crippen LogP contribution in [-0.2, 0) is 4.79 Å². The molecule has 3 unspecified atom stereocenters. The van der Waals surface area contributed by atoms with Crippen LogP contribution in [0.4, 0.5) is 4.79 Å². The molecule has 0 aromatic carbocycles. The van der Waals surface area contributed by atoms with Gasteiger partial charge < -0.3 is 20.6 Å². The highest BCUT2D eigenvalue weighted by molar-refractivity contribution is 5.82. The smallest absolute Gasteiger partial charge is 0.326 e. The summed E-state index contributed by atoms with van der Waals surface area (Å²) in [4.78, 5) is 25.1. The molecule has 1 aliphatic heterocycles. The van der Waals surface area contributed by atoms with Gasteiger partial charge in [0, 0.05) is 12.6 Å². The molecule has 0 spiro atoms. The van der Waals surface area contributed by atoms with Gasteiger partial charge in [-0.15, -0.1) is 0 Å². The van der Waals surface area contributed by atoms with Crippen molar-refractivity contribution < 1.29 is 14.7 Å². The molecule has 6 nitrogen and oxygen atoms in total. The summed E-state index contributed by atoms with van der Waals surface area (Å²) in [5.41, 5.74) is 0. The molecule has 1 rings (SSSR count). The Kier molecular flexibility index (Phi) is 6.08. The number of rotatable bonds is 5. The number of nitrogens with one attached hydrogen (secondary N) is 2. The number of hydrogen-bond acceptors (Lipinski definition) is 3. The Labute approximate surface area is 114 Å². The summed E-state index contributed by atoms with van der Waals surface area (Å²) >= 11 is 0. The zero-order valence-corrected chi connectivity index (χ0v) is 12.0. The molecule has 3 atom stereocenters. The number of carboxylic acids is 1. The molecule has 6 heteroatoms. The summed E-state index contributed by atoms with van der Waals surface area (Å²) in [5.74, 6) is -1.07. The average molecular weight is 271 g/mol. The molecule has 19 heavy (non-hydrogen) atoms. The molecule has 0 bridgehead atoms. The van der Waals surface area contributed by atoms with Crippen molar-refractivity contribution in [2.24, 2.45) is 5.92 Å². The monoisotopic (exact) mass is 271 g/mol. The van der Waals surface area contributed by atoms with Crippen molar-refractivity contribution in [1.82, 2.24) is 15.5 Å². The molecular formula is C13H25N3O3. The van der Waals surface area contributed by atoms with Gasteiger partial charge in [-0.05, 0) is 32.4 Å². The molecule has 1 aliphatic rings. The summed E-state index contributed by atoms with van der Waals surface area (Å²) in [6.45, 7) is 5.60. The minimum atomic E-state index is -0.981. The average Bonchev–Trinajstić information content (AvgIpc) is 2.34. The molecule has 0 aromatic heterocycles. The number of carbonyl (C=O) groups excluding carboxylic acids is 1. The lowest BCUT2D eigenvalue weighted by Gasteiger charge is -2.31. The SMILES string of the molecule is CCC(C)C(NC(=O)NC1CCCN(C)C1)C(=O)O. The second-order valence-electron chi connectivity index (χ2n) is 5.42. The predicted octanol–water partition coefficient (Wildman–Crippen LogP) is 0.879. The molecule has 0 aromatic rings. The predicted molar refractivity (Wildman–Crippen MR) is 73.1 cm³/mol. The Hall–Kier alpha value is -1.30. The van der Waals surface area contributed by atoms with Crippen LogP contribution in [0.2, 0.25) is 0 Å². The van der Waals surface area contributed by atoms with Crippen LogP contribution in [0.1, 0.15) is 33.1 Å². The van der Waals surface area contributed by atoms with E-state index in [1.165, 1.54) is 0 Å². The number of urea groups is 1. The summed E-state index contributed by atoms with van der Waals surface area (Å²) in [6.07, 6.45) is 2.71. The Morgan fingerprint density at radius 1 is 1.47 bits per heavy atom. The van der Waals surface area contributed by atoms with E-state index in [0.717, 1.165) is 25.9 Å². The third kappa shape index (κ3) is 5.06. The molecule has 1 saturated heterocycles. The lowest BCUT2D eigenvalue weighted by atomic mass is 9.99. The van der Waals surface area contributed by atoms with E-state index >= 15 is 0 Å². The van der Waals surface area contributed by atoms with E-state index in [-0.39, 0.29) is 18.0 Å². The van der Waals surface area contributed by atoms with E-state index in [4.69, 9.17) is 5.11 Å². The maximum absolute atomic E-state index is 11.8. The molecule has 1 heterocycles. The molecule has 0 aliphatic carbocycles.